The molecule has 1 amide bonds. The molecular weight excluding hydrogens is 339 g/mol. The van der Waals surface area contributed by atoms with Crippen molar-refractivity contribution in [1.29, 1.82) is 0 Å². The summed E-state index contributed by atoms with van der Waals surface area (Å²) in [6, 6.07) is 6.09. The van der Waals surface area contributed by atoms with Crippen molar-refractivity contribution in [3.8, 4) is 0 Å². The molecule has 0 aromatic heterocycles. The number of halogens is 1. The molecule has 1 aliphatic rings. The van der Waals surface area contributed by atoms with Gasteiger partial charge in [-0.1, -0.05) is 0 Å². The van der Waals surface area contributed by atoms with Crippen LogP contribution in [0.2, 0.25) is 0 Å². The number of nitrogens with one attached hydrogen (secondary N) is 2. The minimum absolute atomic E-state index is 0.145. The summed E-state index contributed by atoms with van der Waals surface area (Å²) in [6.45, 7) is 4.11. The van der Waals surface area contributed by atoms with Gasteiger partial charge in [-0.15, -0.1) is 0 Å². The molecule has 2 N–H and O–H groups in total. The fraction of sp³-hybridized carbons (Fsp3) is 0.500. The van der Waals surface area contributed by atoms with Gasteiger partial charge in [0.05, 0.1) is 0 Å². The van der Waals surface area contributed by atoms with Crippen molar-refractivity contribution in [2.75, 3.05) is 18.4 Å². The number of hydrogen-bond donors (Lipinski definition) is 2. The van der Waals surface area contributed by atoms with Crippen LogP contribution < -0.4 is 10.6 Å². The number of carbonyl (C=O) groups excluding carboxylic acids is 1. The summed E-state index contributed by atoms with van der Waals surface area (Å²) < 4.78 is 1.20. The van der Waals surface area contributed by atoms with E-state index in [1.807, 2.05) is 19.1 Å². The van der Waals surface area contributed by atoms with Crippen LogP contribution in [0, 0.1) is 16.4 Å². The maximum atomic E-state index is 12.0. The van der Waals surface area contributed by atoms with E-state index in [1.165, 1.54) is 3.57 Å². The third-order valence-corrected chi connectivity index (χ3v) is 4.07. The summed E-state index contributed by atoms with van der Waals surface area (Å²) in [5.74, 6) is 0.682. The third kappa shape index (κ3) is 3.95. The van der Waals surface area contributed by atoms with Gasteiger partial charge >= 0.3 is 0 Å². The minimum atomic E-state index is 0.145. The predicted octanol–water partition coefficient (Wildman–Crippen LogP) is 2.93. The summed E-state index contributed by atoms with van der Waals surface area (Å²) in [5.41, 5.74) is 2.06. The average Bonchev–Trinajstić information content (AvgIpc) is 2.34. The average molecular weight is 358 g/mol. The Bertz CT molecular complexity index is 428. The molecule has 98 valence electrons. The van der Waals surface area contributed by atoms with E-state index >= 15 is 0 Å². The number of hydrogen-bond acceptors (Lipinski definition) is 2. The Morgan fingerprint density at radius 3 is 2.83 bits per heavy atom. The van der Waals surface area contributed by atoms with Gasteiger partial charge in [0.1, 0.15) is 0 Å². The van der Waals surface area contributed by atoms with Crippen LogP contribution in [0.3, 0.4) is 0 Å². The van der Waals surface area contributed by atoms with Crippen molar-refractivity contribution in [2.24, 2.45) is 5.92 Å². The van der Waals surface area contributed by atoms with Gasteiger partial charge in [-0.05, 0) is 85.1 Å². The monoisotopic (exact) mass is 358 g/mol. The molecule has 0 bridgehead atoms. The van der Waals surface area contributed by atoms with Gasteiger partial charge < -0.3 is 10.6 Å². The summed E-state index contributed by atoms with van der Waals surface area (Å²) in [7, 11) is 0. The molecule has 3 nitrogen and oxygen atoms in total. The van der Waals surface area contributed by atoms with Gasteiger partial charge in [0.25, 0.3) is 0 Å². The minimum Gasteiger partial charge on any atom is -0.326 e. The Labute approximate surface area is 122 Å². The Morgan fingerprint density at radius 2 is 2.17 bits per heavy atom. The topological polar surface area (TPSA) is 41.1 Å². The summed E-state index contributed by atoms with van der Waals surface area (Å²) in [6.07, 6.45) is 2.87. The lowest BCUT2D eigenvalue weighted by molar-refractivity contribution is -0.117. The SMILES string of the molecule is Cc1cc(I)ccc1NC(=O)CC1CCNCC1. The van der Waals surface area contributed by atoms with Gasteiger partial charge in [0, 0.05) is 15.7 Å². The Morgan fingerprint density at radius 1 is 1.44 bits per heavy atom. The van der Waals surface area contributed by atoms with Crippen LogP contribution in [0.5, 0.6) is 0 Å². The highest BCUT2D eigenvalue weighted by Gasteiger charge is 2.17. The predicted molar refractivity (Wildman–Crippen MR) is 82.7 cm³/mol. The third-order valence-electron chi connectivity index (χ3n) is 3.40. The first-order valence-corrected chi connectivity index (χ1v) is 7.50. The number of aryl methyl sites for hydroxylation is 1. The molecule has 1 saturated heterocycles. The second-order valence-corrected chi connectivity index (χ2v) is 6.15. The van der Waals surface area contributed by atoms with E-state index in [-0.39, 0.29) is 5.91 Å². The second kappa shape index (κ2) is 6.52. The summed E-state index contributed by atoms with van der Waals surface area (Å²) in [5, 5.41) is 6.34. The normalized spacial score (nSPS) is 16.6. The maximum Gasteiger partial charge on any atom is 0.224 e. The highest BCUT2D eigenvalue weighted by molar-refractivity contribution is 14.1. The maximum absolute atomic E-state index is 12.0. The molecule has 18 heavy (non-hydrogen) atoms. The second-order valence-electron chi connectivity index (χ2n) is 4.90. The van der Waals surface area contributed by atoms with Crippen molar-refractivity contribution in [2.45, 2.75) is 26.2 Å². The van der Waals surface area contributed by atoms with E-state index in [9.17, 15) is 4.79 Å². The molecule has 4 heteroatoms. The van der Waals surface area contributed by atoms with E-state index in [0.29, 0.717) is 12.3 Å². The molecular formula is C14H19IN2O. The standard InChI is InChI=1S/C14H19IN2O/c1-10-8-12(15)2-3-13(10)17-14(18)9-11-4-6-16-7-5-11/h2-3,8,11,16H,4-7,9H2,1H3,(H,17,18). The first kappa shape index (κ1) is 13.8. The fourth-order valence-electron chi connectivity index (χ4n) is 2.32. The fourth-order valence-corrected chi connectivity index (χ4v) is 2.96. The quantitative estimate of drug-likeness (QED) is 0.816. The van der Waals surface area contributed by atoms with Crippen LogP contribution >= 0.6 is 22.6 Å². The molecule has 1 heterocycles. The lowest BCUT2D eigenvalue weighted by atomic mass is 9.94. The Balaban J connectivity index is 1.90. The number of benzene rings is 1. The van der Waals surface area contributed by atoms with Crippen molar-refractivity contribution in [3.05, 3.63) is 27.3 Å². The molecule has 0 radical (unpaired) electrons. The molecule has 1 aliphatic heterocycles. The number of piperidine rings is 1. The highest BCUT2D eigenvalue weighted by Crippen LogP contribution is 2.20. The van der Waals surface area contributed by atoms with Crippen molar-refractivity contribution in [3.63, 3.8) is 0 Å². The molecule has 1 fully saturated rings. The smallest absolute Gasteiger partial charge is 0.224 e. The molecule has 0 saturated carbocycles. The van der Waals surface area contributed by atoms with E-state index in [1.54, 1.807) is 0 Å². The molecule has 1 aromatic rings. The van der Waals surface area contributed by atoms with Gasteiger partial charge in [-0.2, -0.15) is 0 Å². The zero-order chi connectivity index (χ0) is 13.0. The molecule has 0 spiro atoms. The van der Waals surface area contributed by atoms with Gasteiger partial charge in [-0.3, -0.25) is 4.79 Å². The van der Waals surface area contributed by atoms with E-state index in [0.717, 1.165) is 37.2 Å². The van der Waals surface area contributed by atoms with Crippen LogP contribution in [-0.2, 0) is 4.79 Å². The number of anilines is 1. The van der Waals surface area contributed by atoms with Crippen molar-refractivity contribution < 1.29 is 4.79 Å². The van der Waals surface area contributed by atoms with Crippen LogP contribution in [0.1, 0.15) is 24.8 Å². The molecule has 0 atom stereocenters. The van der Waals surface area contributed by atoms with Crippen LogP contribution in [0.4, 0.5) is 5.69 Å². The van der Waals surface area contributed by atoms with E-state index in [4.69, 9.17) is 0 Å². The van der Waals surface area contributed by atoms with Crippen LogP contribution in [0.15, 0.2) is 18.2 Å². The van der Waals surface area contributed by atoms with Crippen molar-refractivity contribution >= 4 is 34.2 Å². The van der Waals surface area contributed by atoms with Crippen LogP contribution in [-0.4, -0.2) is 19.0 Å². The largest absolute Gasteiger partial charge is 0.326 e. The van der Waals surface area contributed by atoms with Gasteiger partial charge in [0.2, 0.25) is 5.91 Å². The van der Waals surface area contributed by atoms with Gasteiger partial charge in [-0.25, -0.2) is 0 Å². The van der Waals surface area contributed by atoms with E-state index < -0.39 is 0 Å². The Kier molecular flexibility index (Phi) is 5.00. The van der Waals surface area contributed by atoms with Gasteiger partial charge in [0.15, 0.2) is 0 Å². The van der Waals surface area contributed by atoms with Crippen LogP contribution in [0.25, 0.3) is 0 Å². The zero-order valence-electron chi connectivity index (χ0n) is 10.6. The first-order valence-electron chi connectivity index (χ1n) is 6.42. The summed E-state index contributed by atoms with van der Waals surface area (Å²) >= 11 is 2.28. The summed E-state index contributed by atoms with van der Waals surface area (Å²) in [4.78, 5) is 12.0. The lowest BCUT2D eigenvalue weighted by Gasteiger charge is -2.22. The zero-order valence-corrected chi connectivity index (χ0v) is 12.8. The van der Waals surface area contributed by atoms with Crippen molar-refractivity contribution in [1.82, 2.24) is 5.32 Å². The molecule has 0 aliphatic carbocycles. The number of carbonyl (C=O) groups is 1. The first-order chi connectivity index (χ1) is 8.65. The molecule has 1 aromatic carbocycles. The number of rotatable bonds is 3. The van der Waals surface area contributed by atoms with E-state index in [2.05, 4.69) is 39.3 Å². The Hall–Kier alpha value is -0.620. The highest BCUT2D eigenvalue weighted by atomic mass is 127. The lowest BCUT2D eigenvalue weighted by Crippen LogP contribution is -2.30. The molecule has 2 rings (SSSR count). The molecule has 0 unspecified atom stereocenters. The number of amides is 1.